The lowest BCUT2D eigenvalue weighted by atomic mass is 9.77. The maximum absolute atomic E-state index is 12.8. The summed E-state index contributed by atoms with van der Waals surface area (Å²) in [4.78, 5) is 50.6. The third kappa shape index (κ3) is 3.13. The Balaban J connectivity index is 1.50. The minimum Gasteiger partial charge on any atom is -0.324 e. The van der Waals surface area contributed by atoms with Crippen LogP contribution in [0.2, 0.25) is 0 Å². The zero-order valence-electron chi connectivity index (χ0n) is 15.7. The maximum Gasteiger partial charge on any atom is 0.344 e. The third-order valence-electron chi connectivity index (χ3n) is 5.68. The molecule has 0 aromatic heterocycles. The van der Waals surface area contributed by atoms with Gasteiger partial charge in [-0.25, -0.2) is 4.79 Å². The van der Waals surface area contributed by atoms with Gasteiger partial charge in [0.15, 0.2) is 0 Å². The molecule has 4 rings (SSSR count). The second-order valence-electron chi connectivity index (χ2n) is 7.74. The van der Waals surface area contributed by atoms with Crippen molar-refractivity contribution >= 4 is 41.2 Å². The van der Waals surface area contributed by atoms with Gasteiger partial charge in [-0.3, -0.25) is 19.8 Å². The average Bonchev–Trinajstić information content (AvgIpc) is 2.89. The van der Waals surface area contributed by atoms with Gasteiger partial charge in [-0.05, 0) is 56.7 Å². The number of fused-ring (bicyclic) bond motifs is 1. The molecule has 1 aliphatic carbocycles. The van der Waals surface area contributed by atoms with Crippen LogP contribution in [-0.4, -0.2) is 39.6 Å². The summed E-state index contributed by atoms with van der Waals surface area (Å²) in [7, 11) is 0. The fraction of sp³-hybridized carbons (Fsp3) is 0.474. The molecule has 0 radical (unpaired) electrons. The Bertz CT molecular complexity index is 879. The Kier molecular flexibility index (Phi) is 4.57. The van der Waals surface area contributed by atoms with Gasteiger partial charge in [-0.2, -0.15) is 5.01 Å². The lowest BCUT2D eigenvalue weighted by Gasteiger charge is -2.33. The van der Waals surface area contributed by atoms with Crippen LogP contribution in [0, 0.1) is 5.92 Å². The molecule has 1 saturated carbocycles. The molecule has 9 heteroatoms. The molecule has 2 heterocycles. The second-order valence-corrected chi connectivity index (χ2v) is 9.12. The molecule has 1 atom stereocenters. The molecule has 1 aromatic rings. The van der Waals surface area contributed by atoms with E-state index in [0.717, 1.165) is 22.7 Å². The lowest BCUT2D eigenvalue weighted by Crippen LogP contribution is -2.51. The van der Waals surface area contributed by atoms with Gasteiger partial charge in [0.25, 0.3) is 11.8 Å². The van der Waals surface area contributed by atoms with Crippen molar-refractivity contribution in [3.63, 3.8) is 0 Å². The number of urea groups is 1. The number of nitrogens with zero attached hydrogens (tertiary/aromatic N) is 1. The van der Waals surface area contributed by atoms with Crippen molar-refractivity contribution in [1.82, 2.24) is 15.8 Å². The van der Waals surface area contributed by atoms with Crippen LogP contribution in [0.5, 0.6) is 0 Å². The molecule has 28 heavy (non-hydrogen) atoms. The number of rotatable bonds is 2. The first-order valence-electron chi connectivity index (χ1n) is 9.38. The predicted molar refractivity (Wildman–Crippen MR) is 104 cm³/mol. The quantitative estimate of drug-likeness (QED) is 0.658. The smallest absolute Gasteiger partial charge is 0.324 e. The van der Waals surface area contributed by atoms with Crippen LogP contribution in [0.4, 0.5) is 10.5 Å². The third-order valence-corrected chi connectivity index (χ3v) is 6.85. The topological polar surface area (TPSA) is 108 Å². The molecular formula is C19H22N4O4S. The van der Waals surface area contributed by atoms with E-state index in [-0.39, 0.29) is 16.7 Å². The summed E-state index contributed by atoms with van der Waals surface area (Å²) in [5.74, 6) is -0.596. The molecule has 2 fully saturated rings. The van der Waals surface area contributed by atoms with Crippen LogP contribution in [0.3, 0.4) is 0 Å². The molecule has 1 saturated heterocycles. The van der Waals surface area contributed by atoms with Crippen LogP contribution in [0.1, 0.15) is 49.9 Å². The largest absolute Gasteiger partial charge is 0.344 e. The van der Waals surface area contributed by atoms with Gasteiger partial charge >= 0.3 is 6.03 Å². The van der Waals surface area contributed by atoms with E-state index in [1.165, 1.54) is 11.8 Å². The number of hydrogen-bond donors (Lipinski definition) is 3. The minimum absolute atomic E-state index is 0.127. The summed E-state index contributed by atoms with van der Waals surface area (Å²) in [5, 5.41) is 6.12. The van der Waals surface area contributed by atoms with Crippen molar-refractivity contribution in [2.45, 2.75) is 55.2 Å². The van der Waals surface area contributed by atoms with Crippen LogP contribution < -0.4 is 16.1 Å². The van der Waals surface area contributed by atoms with Gasteiger partial charge in [0, 0.05) is 10.5 Å². The summed E-state index contributed by atoms with van der Waals surface area (Å²) in [6.45, 7) is 3.94. The lowest BCUT2D eigenvalue weighted by molar-refractivity contribution is -0.134. The molecule has 1 aromatic carbocycles. The zero-order valence-corrected chi connectivity index (χ0v) is 16.5. The Hall–Kier alpha value is -2.55. The van der Waals surface area contributed by atoms with Crippen LogP contribution in [0.25, 0.3) is 0 Å². The van der Waals surface area contributed by atoms with Crippen molar-refractivity contribution in [2.24, 2.45) is 5.92 Å². The van der Waals surface area contributed by atoms with Gasteiger partial charge in [0.2, 0.25) is 5.91 Å². The highest BCUT2D eigenvalue weighted by molar-refractivity contribution is 8.00. The Morgan fingerprint density at radius 3 is 2.64 bits per heavy atom. The first-order valence-corrected chi connectivity index (χ1v) is 10.3. The van der Waals surface area contributed by atoms with Gasteiger partial charge in [-0.15, -0.1) is 11.8 Å². The summed E-state index contributed by atoms with van der Waals surface area (Å²) in [5.41, 5.74) is 2.32. The molecule has 8 nitrogen and oxygen atoms in total. The highest BCUT2D eigenvalue weighted by Crippen LogP contribution is 2.37. The van der Waals surface area contributed by atoms with Gasteiger partial charge < -0.3 is 10.6 Å². The number of benzene rings is 1. The summed E-state index contributed by atoms with van der Waals surface area (Å²) in [6.07, 6.45) is 2.86. The van der Waals surface area contributed by atoms with Crippen molar-refractivity contribution in [3.8, 4) is 0 Å². The summed E-state index contributed by atoms with van der Waals surface area (Å²) < 4.78 is 0. The number of hydrazine groups is 1. The van der Waals surface area contributed by atoms with Gasteiger partial charge in [-0.1, -0.05) is 6.92 Å². The maximum atomic E-state index is 12.8. The van der Waals surface area contributed by atoms with Crippen molar-refractivity contribution in [1.29, 1.82) is 0 Å². The van der Waals surface area contributed by atoms with Crippen molar-refractivity contribution in [2.75, 3.05) is 5.32 Å². The second kappa shape index (κ2) is 6.80. The Morgan fingerprint density at radius 1 is 1.21 bits per heavy atom. The van der Waals surface area contributed by atoms with Crippen LogP contribution >= 0.6 is 11.8 Å². The fourth-order valence-electron chi connectivity index (χ4n) is 3.83. The Morgan fingerprint density at radius 2 is 1.93 bits per heavy atom. The molecule has 0 bridgehead atoms. The number of anilines is 1. The average molecular weight is 402 g/mol. The molecule has 3 N–H and O–H groups in total. The van der Waals surface area contributed by atoms with Crippen molar-refractivity contribution in [3.05, 3.63) is 23.8 Å². The molecular weight excluding hydrogens is 380 g/mol. The molecule has 0 unspecified atom stereocenters. The summed E-state index contributed by atoms with van der Waals surface area (Å²) in [6, 6.07) is 4.31. The molecule has 1 spiro atoms. The van der Waals surface area contributed by atoms with Crippen molar-refractivity contribution < 1.29 is 19.2 Å². The van der Waals surface area contributed by atoms with E-state index in [1.54, 1.807) is 18.2 Å². The number of carbonyl (C=O) groups excluding carboxylic acids is 4. The number of amides is 5. The van der Waals surface area contributed by atoms with E-state index in [2.05, 4.69) is 23.0 Å². The van der Waals surface area contributed by atoms with E-state index in [9.17, 15) is 19.2 Å². The number of hydrogen-bond acceptors (Lipinski definition) is 5. The van der Waals surface area contributed by atoms with E-state index in [0.29, 0.717) is 24.4 Å². The van der Waals surface area contributed by atoms with E-state index in [1.807, 2.05) is 6.92 Å². The Labute approximate surface area is 166 Å². The monoisotopic (exact) mass is 402 g/mol. The normalized spacial score (nSPS) is 29.4. The predicted octanol–water partition coefficient (Wildman–Crippen LogP) is 2.26. The van der Waals surface area contributed by atoms with Crippen LogP contribution in [-0.2, 0) is 9.59 Å². The number of thioether (sulfide) groups is 1. The SMILES string of the molecule is CC1CCC2(CC1)NC(=O)N(NC(=O)c1ccc3c(c1)NC(=O)[C@H](C)S3)C2=O. The van der Waals surface area contributed by atoms with Crippen LogP contribution in [0.15, 0.2) is 23.1 Å². The fourth-order valence-corrected chi connectivity index (χ4v) is 4.76. The number of nitrogens with one attached hydrogen (secondary N) is 3. The molecule has 5 amide bonds. The highest BCUT2D eigenvalue weighted by atomic mass is 32.2. The molecule has 148 valence electrons. The van der Waals surface area contributed by atoms with E-state index in [4.69, 9.17) is 0 Å². The molecule has 2 aliphatic heterocycles. The van der Waals surface area contributed by atoms with Gasteiger partial charge in [0.05, 0.1) is 10.9 Å². The molecule has 3 aliphatic rings. The van der Waals surface area contributed by atoms with Gasteiger partial charge in [0.1, 0.15) is 5.54 Å². The van der Waals surface area contributed by atoms with E-state index < -0.39 is 23.4 Å². The first kappa shape index (κ1) is 18.8. The summed E-state index contributed by atoms with van der Waals surface area (Å²) >= 11 is 1.42. The number of imide groups is 1. The first-order chi connectivity index (χ1) is 13.3. The zero-order chi connectivity index (χ0) is 20.1. The standard InChI is InChI=1S/C19H22N4O4S/c1-10-5-7-19(8-6-10)17(26)23(18(27)21-19)22-16(25)12-3-4-14-13(9-12)20-15(24)11(2)28-14/h3-4,9-11H,5-8H2,1-2H3,(H,20,24)(H,21,27)(H,22,25)/t10?,11-,19?/m0/s1. The minimum atomic E-state index is -0.909. The highest BCUT2D eigenvalue weighted by Gasteiger charge is 2.52. The number of carbonyl (C=O) groups is 4. The van der Waals surface area contributed by atoms with E-state index >= 15 is 0 Å².